The van der Waals surface area contributed by atoms with E-state index in [9.17, 15) is 4.79 Å². The van der Waals surface area contributed by atoms with Crippen LogP contribution in [-0.4, -0.2) is 26.3 Å². The van der Waals surface area contributed by atoms with Crippen LogP contribution in [0.3, 0.4) is 0 Å². The van der Waals surface area contributed by atoms with Crippen LogP contribution in [0.15, 0.2) is 66.9 Å². The minimum Gasteiger partial charge on any atom is -0.357 e. The lowest BCUT2D eigenvalue weighted by molar-refractivity contribution is 0.0944. The van der Waals surface area contributed by atoms with Crippen molar-refractivity contribution >= 4 is 23.2 Å². The molecule has 150 valence electrons. The van der Waals surface area contributed by atoms with Gasteiger partial charge in [-0.25, -0.2) is 0 Å². The third-order valence-electron chi connectivity index (χ3n) is 4.02. The molecular formula is C22H25N5OS. The van der Waals surface area contributed by atoms with E-state index in [0.29, 0.717) is 22.9 Å². The van der Waals surface area contributed by atoms with Gasteiger partial charge in [-0.05, 0) is 38.6 Å². The van der Waals surface area contributed by atoms with Gasteiger partial charge in [-0.1, -0.05) is 60.7 Å². The summed E-state index contributed by atoms with van der Waals surface area (Å²) < 4.78 is 1.78. The molecule has 0 aliphatic rings. The van der Waals surface area contributed by atoms with E-state index in [1.807, 2.05) is 81.4 Å². The summed E-state index contributed by atoms with van der Waals surface area (Å²) in [7, 11) is 0. The molecule has 3 N–H and O–H groups in total. The third-order valence-corrected chi connectivity index (χ3v) is 4.22. The molecule has 1 aromatic heterocycles. The molecule has 2 aromatic carbocycles. The van der Waals surface area contributed by atoms with E-state index in [0.717, 1.165) is 11.1 Å². The molecule has 0 fully saturated rings. The number of benzene rings is 2. The van der Waals surface area contributed by atoms with E-state index in [4.69, 9.17) is 12.2 Å². The molecule has 0 saturated carbocycles. The monoisotopic (exact) mass is 407 g/mol. The minimum atomic E-state index is -0.304. The minimum absolute atomic E-state index is 0.204. The second-order valence-electron chi connectivity index (χ2n) is 7.72. The number of hydrazine groups is 1. The van der Waals surface area contributed by atoms with Crippen LogP contribution in [0.5, 0.6) is 0 Å². The third kappa shape index (κ3) is 5.89. The fourth-order valence-electron chi connectivity index (χ4n) is 2.80. The van der Waals surface area contributed by atoms with Crippen LogP contribution >= 0.6 is 12.2 Å². The van der Waals surface area contributed by atoms with Crippen molar-refractivity contribution in [2.24, 2.45) is 0 Å². The molecule has 0 spiro atoms. The molecule has 3 aromatic rings. The highest BCUT2D eigenvalue weighted by atomic mass is 32.1. The molecule has 0 radical (unpaired) electrons. The molecule has 6 nitrogen and oxygen atoms in total. The lowest BCUT2D eigenvalue weighted by atomic mass is 10.1. The highest BCUT2D eigenvalue weighted by molar-refractivity contribution is 7.80. The molecule has 0 saturated heterocycles. The van der Waals surface area contributed by atoms with E-state index in [-0.39, 0.29) is 11.4 Å². The summed E-state index contributed by atoms with van der Waals surface area (Å²) in [5.41, 5.74) is 8.29. The van der Waals surface area contributed by atoms with Gasteiger partial charge in [0.2, 0.25) is 0 Å². The zero-order valence-electron chi connectivity index (χ0n) is 16.8. The van der Waals surface area contributed by atoms with Crippen molar-refractivity contribution < 1.29 is 4.79 Å². The molecule has 0 bridgehead atoms. The number of carbonyl (C=O) groups is 1. The number of rotatable bonds is 4. The molecule has 7 heteroatoms. The van der Waals surface area contributed by atoms with E-state index >= 15 is 0 Å². The Kier molecular flexibility index (Phi) is 6.29. The first-order chi connectivity index (χ1) is 13.8. The van der Waals surface area contributed by atoms with Crippen molar-refractivity contribution in [1.82, 2.24) is 25.9 Å². The standard InChI is InChI=1S/C22H25N5OS/c1-22(2,3)23-21(29)25-24-20(28)18-15-27(14-16-10-6-4-7-11-16)26-19(18)17-12-8-5-9-13-17/h4-13,15H,14H2,1-3H3,(H,24,28)(H2,23,25,29). The van der Waals surface area contributed by atoms with Crippen molar-refractivity contribution in [2.45, 2.75) is 32.9 Å². The van der Waals surface area contributed by atoms with Gasteiger partial charge in [-0.15, -0.1) is 0 Å². The Morgan fingerprint density at radius 1 is 1.00 bits per heavy atom. The maximum Gasteiger partial charge on any atom is 0.273 e. The van der Waals surface area contributed by atoms with Gasteiger partial charge in [0.1, 0.15) is 5.69 Å². The van der Waals surface area contributed by atoms with E-state index in [2.05, 4.69) is 21.3 Å². The predicted octanol–water partition coefficient (Wildman–Crippen LogP) is 3.51. The number of hydrogen-bond donors (Lipinski definition) is 3. The summed E-state index contributed by atoms with van der Waals surface area (Å²) in [6.45, 7) is 6.54. The first-order valence-electron chi connectivity index (χ1n) is 9.37. The van der Waals surface area contributed by atoms with Crippen LogP contribution in [0.25, 0.3) is 11.3 Å². The number of nitrogens with one attached hydrogen (secondary N) is 3. The smallest absolute Gasteiger partial charge is 0.273 e. The van der Waals surface area contributed by atoms with Gasteiger partial charge in [0.05, 0.1) is 12.1 Å². The summed E-state index contributed by atoms with van der Waals surface area (Å²) in [5.74, 6) is -0.304. The van der Waals surface area contributed by atoms with E-state index < -0.39 is 0 Å². The van der Waals surface area contributed by atoms with Gasteiger partial charge in [0.25, 0.3) is 5.91 Å². The summed E-state index contributed by atoms with van der Waals surface area (Å²) in [6, 6.07) is 19.7. The largest absolute Gasteiger partial charge is 0.357 e. The quantitative estimate of drug-likeness (QED) is 0.456. The average molecular weight is 408 g/mol. The zero-order valence-corrected chi connectivity index (χ0v) is 17.6. The normalized spacial score (nSPS) is 11.0. The molecular weight excluding hydrogens is 382 g/mol. The number of hydrogen-bond acceptors (Lipinski definition) is 3. The summed E-state index contributed by atoms with van der Waals surface area (Å²) in [6.07, 6.45) is 1.76. The summed E-state index contributed by atoms with van der Waals surface area (Å²) >= 11 is 5.23. The van der Waals surface area contributed by atoms with Gasteiger partial charge >= 0.3 is 0 Å². The molecule has 29 heavy (non-hydrogen) atoms. The number of amides is 1. The van der Waals surface area contributed by atoms with Gasteiger partial charge < -0.3 is 5.32 Å². The Hall–Kier alpha value is -3.19. The molecule has 0 unspecified atom stereocenters. The molecule has 0 aliphatic carbocycles. The van der Waals surface area contributed by atoms with Gasteiger partial charge in [0.15, 0.2) is 5.11 Å². The van der Waals surface area contributed by atoms with Gasteiger partial charge in [0, 0.05) is 17.3 Å². The fraction of sp³-hybridized carbons (Fsp3) is 0.227. The maximum atomic E-state index is 12.9. The average Bonchev–Trinajstić information content (AvgIpc) is 3.10. The molecule has 3 rings (SSSR count). The highest BCUT2D eigenvalue weighted by Crippen LogP contribution is 2.22. The number of aromatic nitrogens is 2. The SMILES string of the molecule is CC(C)(C)NC(=S)NNC(=O)c1cn(Cc2ccccc2)nc1-c1ccccc1. The Labute approximate surface area is 176 Å². The molecule has 1 amide bonds. The van der Waals surface area contributed by atoms with Crippen LogP contribution in [0, 0.1) is 0 Å². The summed E-state index contributed by atoms with van der Waals surface area (Å²) in [4.78, 5) is 12.9. The van der Waals surface area contributed by atoms with Crippen LogP contribution in [0.4, 0.5) is 0 Å². The van der Waals surface area contributed by atoms with E-state index in [1.54, 1.807) is 10.9 Å². The molecule has 0 atom stereocenters. The molecule has 1 heterocycles. The Morgan fingerprint density at radius 2 is 1.62 bits per heavy atom. The predicted molar refractivity (Wildman–Crippen MR) is 119 cm³/mol. The Morgan fingerprint density at radius 3 is 2.24 bits per heavy atom. The van der Waals surface area contributed by atoms with Crippen molar-refractivity contribution in [2.75, 3.05) is 0 Å². The first-order valence-corrected chi connectivity index (χ1v) is 9.78. The second-order valence-corrected chi connectivity index (χ2v) is 8.13. The van der Waals surface area contributed by atoms with Crippen LogP contribution in [0.1, 0.15) is 36.7 Å². The highest BCUT2D eigenvalue weighted by Gasteiger charge is 2.19. The number of nitrogens with zero attached hydrogens (tertiary/aromatic N) is 2. The Bertz CT molecular complexity index is 977. The lowest BCUT2D eigenvalue weighted by Gasteiger charge is -2.23. The maximum absolute atomic E-state index is 12.9. The van der Waals surface area contributed by atoms with Gasteiger partial charge in [-0.3, -0.25) is 20.3 Å². The van der Waals surface area contributed by atoms with Crippen LogP contribution < -0.4 is 16.2 Å². The second kappa shape index (κ2) is 8.87. The molecule has 0 aliphatic heterocycles. The fourth-order valence-corrected chi connectivity index (χ4v) is 3.16. The topological polar surface area (TPSA) is 71.0 Å². The van der Waals surface area contributed by atoms with Crippen LogP contribution in [0.2, 0.25) is 0 Å². The first kappa shape index (κ1) is 20.5. The number of carbonyl (C=O) groups excluding carboxylic acids is 1. The Balaban J connectivity index is 1.82. The van der Waals surface area contributed by atoms with Gasteiger partial charge in [-0.2, -0.15) is 5.10 Å². The van der Waals surface area contributed by atoms with Crippen molar-refractivity contribution in [3.8, 4) is 11.3 Å². The van der Waals surface area contributed by atoms with Crippen molar-refractivity contribution in [3.63, 3.8) is 0 Å². The lowest BCUT2D eigenvalue weighted by Crippen LogP contribution is -2.52. The van der Waals surface area contributed by atoms with Crippen molar-refractivity contribution in [1.29, 1.82) is 0 Å². The number of thiocarbonyl (C=S) groups is 1. The summed E-state index contributed by atoms with van der Waals surface area (Å²) in [5, 5.41) is 8.11. The van der Waals surface area contributed by atoms with E-state index in [1.165, 1.54) is 0 Å². The van der Waals surface area contributed by atoms with Crippen molar-refractivity contribution in [3.05, 3.63) is 78.0 Å². The van der Waals surface area contributed by atoms with Crippen LogP contribution in [-0.2, 0) is 6.54 Å². The zero-order chi connectivity index (χ0) is 20.9.